The summed E-state index contributed by atoms with van der Waals surface area (Å²) < 4.78 is 1.07. The predicted molar refractivity (Wildman–Crippen MR) is 122 cm³/mol. The van der Waals surface area contributed by atoms with Crippen LogP contribution in [0, 0.1) is 13.8 Å². The van der Waals surface area contributed by atoms with Gasteiger partial charge < -0.3 is 4.98 Å². The van der Waals surface area contributed by atoms with Gasteiger partial charge >= 0.3 is 0 Å². The van der Waals surface area contributed by atoms with E-state index in [4.69, 9.17) is 4.98 Å². The molecule has 3 aromatic heterocycles. The number of nitrogens with one attached hydrogen (secondary N) is 1. The zero-order valence-corrected chi connectivity index (χ0v) is 17.5. The van der Waals surface area contributed by atoms with Crippen LogP contribution in [0.1, 0.15) is 27.2 Å². The highest BCUT2D eigenvalue weighted by Crippen LogP contribution is 2.34. The molecule has 0 bridgehead atoms. The average molecular weight is 413 g/mol. The van der Waals surface area contributed by atoms with E-state index in [1.54, 1.807) is 17.3 Å². The number of carbonyl (C=O) groups excluding carboxylic acids is 1. The van der Waals surface area contributed by atoms with Crippen molar-refractivity contribution in [3.05, 3.63) is 89.4 Å². The van der Waals surface area contributed by atoms with Crippen LogP contribution in [0.15, 0.2) is 67.0 Å². The Morgan fingerprint density at radius 3 is 2.73 bits per heavy atom. The van der Waals surface area contributed by atoms with Gasteiger partial charge in [-0.25, -0.2) is 4.98 Å². The SMILES string of the molecule is Cc1ccc2sc(N(Cc3ccccn3)C(=O)c3c[nH]c4ccccc34)nc2c1C. The largest absolute Gasteiger partial charge is 0.360 e. The number of pyridine rings is 1. The minimum Gasteiger partial charge on any atom is -0.360 e. The number of aromatic amines is 1. The lowest BCUT2D eigenvalue weighted by molar-refractivity contribution is 0.0986. The Labute approximate surface area is 178 Å². The topological polar surface area (TPSA) is 61.9 Å². The van der Waals surface area contributed by atoms with Gasteiger partial charge in [0.25, 0.3) is 5.91 Å². The Bertz CT molecular complexity index is 1370. The van der Waals surface area contributed by atoms with Crippen molar-refractivity contribution in [2.24, 2.45) is 0 Å². The van der Waals surface area contributed by atoms with Crippen LogP contribution in [0.5, 0.6) is 0 Å². The van der Waals surface area contributed by atoms with Gasteiger partial charge in [0.1, 0.15) is 0 Å². The van der Waals surface area contributed by atoms with Crippen molar-refractivity contribution in [1.82, 2.24) is 15.0 Å². The molecule has 3 heterocycles. The Hall–Kier alpha value is -3.51. The lowest BCUT2D eigenvalue weighted by atomic mass is 10.1. The second-order valence-corrected chi connectivity index (χ2v) is 8.32. The summed E-state index contributed by atoms with van der Waals surface area (Å²) >= 11 is 1.53. The van der Waals surface area contributed by atoms with Crippen LogP contribution >= 0.6 is 11.3 Å². The highest BCUT2D eigenvalue weighted by molar-refractivity contribution is 7.22. The number of rotatable bonds is 4. The molecule has 148 valence electrons. The molecule has 0 aliphatic rings. The zero-order valence-electron chi connectivity index (χ0n) is 16.7. The van der Waals surface area contributed by atoms with Crippen LogP contribution in [0.3, 0.4) is 0 Å². The maximum absolute atomic E-state index is 13.7. The van der Waals surface area contributed by atoms with Crippen molar-refractivity contribution in [3.63, 3.8) is 0 Å². The van der Waals surface area contributed by atoms with E-state index in [0.717, 1.165) is 32.4 Å². The fourth-order valence-electron chi connectivity index (χ4n) is 3.60. The lowest BCUT2D eigenvalue weighted by Gasteiger charge is -2.19. The summed E-state index contributed by atoms with van der Waals surface area (Å²) in [5.41, 5.74) is 5.68. The molecule has 0 atom stereocenters. The van der Waals surface area contributed by atoms with Gasteiger partial charge in [-0.1, -0.05) is 41.7 Å². The minimum atomic E-state index is -0.0912. The van der Waals surface area contributed by atoms with Crippen LogP contribution in [-0.4, -0.2) is 20.9 Å². The summed E-state index contributed by atoms with van der Waals surface area (Å²) in [7, 11) is 0. The number of hydrogen-bond donors (Lipinski definition) is 1. The van der Waals surface area contributed by atoms with Gasteiger partial charge in [-0.2, -0.15) is 0 Å². The predicted octanol–water partition coefficient (Wildman–Crippen LogP) is 5.64. The molecule has 0 fully saturated rings. The molecule has 0 saturated heterocycles. The fraction of sp³-hybridized carbons (Fsp3) is 0.125. The van der Waals surface area contributed by atoms with E-state index in [1.165, 1.54) is 16.9 Å². The third kappa shape index (κ3) is 3.15. The van der Waals surface area contributed by atoms with Gasteiger partial charge in [0, 0.05) is 23.3 Å². The minimum absolute atomic E-state index is 0.0912. The molecule has 0 aliphatic heterocycles. The van der Waals surface area contributed by atoms with Crippen molar-refractivity contribution in [1.29, 1.82) is 0 Å². The van der Waals surface area contributed by atoms with E-state index in [1.807, 2.05) is 42.5 Å². The van der Waals surface area contributed by atoms with E-state index in [2.05, 4.69) is 35.9 Å². The lowest BCUT2D eigenvalue weighted by Crippen LogP contribution is -2.30. The summed E-state index contributed by atoms with van der Waals surface area (Å²) in [6.45, 7) is 4.51. The van der Waals surface area contributed by atoms with Gasteiger partial charge in [0.15, 0.2) is 5.13 Å². The number of amides is 1. The number of benzene rings is 2. The molecule has 0 radical (unpaired) electrons. The summed E-state index contributed by atoms with van der Waals surface area (Å²) in [5.74, 6) is -0.0912. The van der Waals surface area contributed by atoms with Crippen molar-refractivity contribution < 1.29 is 4.79 Å². The average Bonchev–Trinajstić information content (AvgIpc) is 3.40. The Morgan fingerprint density at radius 2 is 1.90 bits per heavy atom. The standard InChI is InChI=1S/C24H20N4OS/c1-15-10-11-21-22(16(15)2)27-24(30-21)28(14-17-7-5-6-12-25-17)23(29)19-13-26-20-9-4-3-8-18(19)20/h3-13,26H,14H2,1-2H3. The van der Waals surface area contributed by atoms with Crippen LogP contribution in [0.4, 0.5) is 5.13 Å². The van der Waals surface area contributed by atoms with Gasteiger partial charge in [-0.15, -0.1) is 0 Å². The number of anilines is 1. The molecule has 5 aromatic rings. The van der Waals surface area contributed by atoms with Gasteiger partial charge in [-0.3, -0.25) is 14.7 Å². The number of aryl methyl sites for hydroxylation is 2. The monoisotopic (exact) mass is 412 g/mol. The van der Waals surface area contributed by atoms with E-state index >= 15 is 0 Å². The molecule has 5 nitrogen and oxygen atoms in total. The number of para-hydroxylation sites is 1. The van der Waals surface area contributed by atoms with Gasteiger partial charge in [-0.05, 0) is 49.2 Å². The molecule has 0 unspecified atom stereocenters. The molecule has 5 rings (SSSR count). The number of aromatic nitrogens is 3. The molecule has 0 saturated carbocycles. The second kappa shape index (κ2) is 7.39. The Balaban J connectivity index is 1.64. The van der Waals surface area contributed by atoms with E-state index < -0.39 is 0 Å². The molecule has 6 heteroatoms. The number of nitrogens with zero attached hydrogens (tertiary/aromatic N) is 3. The van der Waals surface area contributed by atoms with Crippen LogP contribution in [0.25, 0.3) is 21.1 Å². The van der Waals surface area contributed by atoms with Crippen molar-refractivity contribution in [2.45, 2.75) is 20.4 Å². The van der Waals surface area contributed by atoms with Crippen LogP contribution < -0.4 is 4.90 Å². The van der Waals surface area contributed by atoms with E-state index in [0.29, 0.717) is 17.2 Å². The zero-order chi connectivity index (χ0) is 20.7. The Morgan fingerprint density at radius 1 is 1.07 bits per heavy atom. The normalized spacial score (nSPS) is 11.3. The number of H-pyrrole nitrogens is 1. The first-order valence-electron chi connectivity index (χ1n) is 9.76. The molecule has 2 aromatic carbocycles. The van der Waals surface area contributed by atoms with Crippen molar-refractivity contribution in [2.75, 3.05) is 4.90 Å². The molecule has 1 N–H and O–H groups in total. The number of thiazole rings is 1. The van der Waals surface area contributed by atoms with E-state index in [-0.39, 0.29) is 5.91 Å². The summed E-state index contributed by atoms with van der Waals surface area (Å²) in [4.78, 5) is 27.9. The van der Waals surface area contributed by atoms with Gasteiger partial charge in [0.05, 0.1) is 28.0 Å². The molecular weight excluding hydrogens is 392 g/mol. The maximum Gasteiger partial charge on any atom is 0.262 e. The first kappa shape index (κ1) is 18.5. The number of hydrogen-bond acceptors (Lipinski definition) is 4. The molecule has 30 heavy (non-hydrogen) atoms. The molecular formula is C24H20N4OS. The summed E-state index contributed by atoms with van der Waals surface area (Å²) in [6.07, 6.45) is 3.52. The second-order valence-electron chi connectivity index (χ2n) is 7.31. The Kier molecular flexibility index (Phi) is 4.56. The first-order valence-corrected chi connectivity index (χ1v) is 10.6. The molecule has 1 amide bonds. The maximum atomic E-state index is 13.7. The molecule has 0 aliphatic carbocycles. The third-order valence-electron chi connectivity index (χ3n) is 5.42. The van der Waals surface area contributed by atoms with Crippen molar-refractivity contribution in [3.8, 4) is 0 Å². The van der Waals surface area contributed by atoms with Crippen LogP contribution in [-0.2, 0) is 6.54 Å². The van der Waals surface area contributed by atoms with Crippen molar-refractivity contribution >= 4 is 43.5 Å². The smallest absolute Gasteiger partial charge is 0.262 e. The third-order valence-corrected chi connectivity index (χ3v) is 6.46. The number of fused-ring (bicyclic) bond motifs is 2. The fourth-order valence-corrected chi connectivity index (χ4v) is 4.63. The highest BCUT2D eigenvalue weighted by atomic mass is 32.1. The molecule has 0 spiro atoms. The number of carbonyl (C=O) groups is 1. The quantitative estimate of drug-likeness (QED) is 0.416. The van der Waals surface area contributed by atoms with E-state index in [9.17, 15) is 4.79 Å². The summed E-state index contributed by atoms with van der Waals surface area (Å²) in [5, 5.41) is 1.58. The van der Waals surface area contributed by atoms with Gasteiger partial charge in [0.2, 0.25) is 0 Å². The highest BCUT2D eigenvalue weighted by Gasteiger charge is 2.25. The summed E-state index contributed by atoms with van der Waals surface area (Å²) in [6, 6.07) is 17.7. The van der Waals surface area contributed by atoms with Crippen LogP contribution in [0.2, 0.25) is 0 Å². The first-order chi connectivity index (χ1) is 14.6.